The highest BCUT2D eigenvalue weighted by Crippen LogP contribution is 2.36. The van der Waals surface area contributed by atoms with Gasteiger partial charge in [-0.25, -0.2) is 0 Å². The maximum atomic E-state index is 6.00. The first-order chi connectivity index (χ1) is 8.74. The highest BCUT2D eigenvalue weighted by molar-refractivity contribution is 7.16. The maximum Gasteiger partial charge on any atom is 0.0931 e. The van der Waals surface area contributed by atoms with E-state index in [4.69, 9.17) is 11.6 Å². The molecule has 0 amide bonds. The molecule has 0 saturated heterocycles. The van der Waals surface area contributed by atoms with Gasteiger partial charge in [0.1, 0.15) is 0 Å². The molecular weight excluding hydrogens is 282 g/mol. The quantitative estimate of drug-likeness (QED) is 0.822. The first-order valence-electron chi connectivity index (χ1n) is 6.31. The molecule has 2 atom stereocenters. The van der Waals surface area contributed by atoms with Crippen molar-refractivity contribution in [2.45, 2.75) is 38.3 Å². The summed E-state index contributed by atoms with van der Waals surface area (Å²) in [5.74, 6) is 0. The van der Waals surface area contributed by atoms with Crippen LogP contribution in [0.25, 0.3) is 0 Å². The van der Waals surface area contributed by atoms with Crippen LogP contribution in [0.3, 0.4) is 0 Å². The van der Waals surface area contributed by atoms with E-state index in [9.17, 15) is 0 Å². The second-order valence-electron chi connectivity index (χ2n) is 4.77. The lowest BCUT2D eigenvalue weighted by molar-refractivity contribution is 0.421. The largest absolute Gasteiger partial charge is 0.303 e. The van der Waals surface area contributed by atoms with Crippen LogP contribution >= 0.6 is 34.3 Å². The lowest BCUT2D eigenvalue weighted by Crippen LogP contribution is -2.26. The number of hydrogen-bond acceptors (Lipinski definition) is 3. The zero-order chi connectivity index (χ0) is 12.5. The zero-order valence-electron chi connectivity index (χ0n) is 10.3. The third kappa shape index (κ3) is 2.50. The van der Waals surface area contributed by atoms with Gasteiger partial charge in [-0.05, 0) is 55.3 Å². The van der Waals surface area contributed by atoms with Crippen LogP contribution in [0.5, 0.6) is 0 Å². The van der Waals surface area contributed by atoms with Gasteiger partial charge >= 0.3 is 0 Å². The third-order valence-electron chi connectivity index (χ3n) is 3.52. The number of halogens is 1. The molecule has 0 saturated carbocycles. The molecule has 0 aromatic carbocycles. The van der Waals surface area contributed by atoms with Gasteiger partial charge in [0.05, 0.1) is 4.34 Å². The Labute approximate surface area is 121 Å². The summed E-state index contributed by atoms with van der Waals surface area (Å²) in [6.07, 6.45) is 3.79. The number of rotatable bonds is 3. The average Bonchev–Trinajstić information content (AvgIpc) is 2.97. The van der Waals surface area contributed by atoms with Crippen molar-refractivity contribution < 1.29 is 0 Å². The van der Waals surface area contributed by atoms with E-state index in [2.05, 4.69) is 29.8 Å². The van der Waals surface area contributed by atoms with E-state index in [0.717, 1.165) is 4.34 Å². The van der Waals surface area contributed by atoms with Crippen molar-refractivity contribution in [2.24, 2.45) is 0 Å². The Balaban J connectivity index is 1.74. The van der Waals surface area contributed by atoms with Crippen LogP contribution in [0.1, 0.15) is 47.2 Å². The molecule has 96 valence electrons. The summed E-state index contributed by atoms with van der Waals surface area (Å²) in [4.78, 5) is 2.89. The Morgan fingerprint density at radius 3 is 3.06 bits per heavy atom. The van der Waals surface area contributed by atoms with Crippen molar-refractivity contribution in [3.8, 4) is 0 Å². The fourth-order valence-electron chi connectivity index (χ4n) is 2.60. The highest BCUT2D eigenvalue weighted by Gasteiger charge is 2.23. The number of hydrogen-bond donors (Lipinski definition) is 1. The number of aryl methyl sites for hydroxylation is 1. The third-order valence-corrected chi connectivity index (χ3v) is 5.93. The summed E-state index contributed by atoms with van der Waals surface area (Å²) in [7, 11) is 0. The molecule has 4 heteroatoms. The van der Waals surface area contributed by atoms with E-state index in [1.165, 1.54) is 29.7 Å². The van der Waals surface area contributed by atoms with Gasteiger partial charge < -0.3 is 5.32 Å². The van der Waals surface area contributed by atoms with Gasteiger partial charge in [0, 0.05) is 21.8 Å². The minimum atomic E-state index is 0.373. The van der Waals surface area contributed by atoms with E-state index in [0.29, 0.717) is 12.1 Å². The molecule has 1 N–H and O–H groups in total. The fourth-order valence-corrected chi connectivity index (χ4v) is 4.66. The lowest BCUT2D eigenvalue weighted by atomic mass is 9.93. The van der Waals surface area contributed by atoms with E-state index >= 15 is 0 Å². The van der Waals surface area contributed by atoms with Crippen LogP contribution in [-0.4, -0.2) is 0 Å². The molecule has 2 heterocycles. The highest BCUT2D eigenvalue weighted by atomic mass is 35.5. The predicted octanol–water partition coefficient (Wildman–Crippen LogP) is 5.19. The van der Waals surface area contributed by atoms with E-state index in [1.54, 1.807) is 16.2 Å². The van der Waals surface area contributed by atoms with Crippen molar-refractivity contribution in [3.05, 3.63) is 43.2 Å². The Bertz CT molecular complexity index is 531. The predicted molar refractivity (Wildman–Crippen MR) is 80.9 cm³/mol. The minimum absolute atomic E-state index is 0.373. The minimum Gasteiger partial charge on any atom is -0.303 e. The molecule has 2 aromatic rings. The first-order valence-corrected chi connectivity index (χ1v) is 8.39. The van der Waals surface area contributed by atoms with Gasteiger partial charge in [-0.1, -0.05) is 11.6 Å². The number of nitrogens with one attached hydrogen (secondary N) is 1. The van der Waals surface area contributed by atoms with Crippen LogP contribution in [0.2, 0.25) is 4.34 Å². The van der Waals surface area contributed by atoms with Gasteiger partial charge in [-0.15, -0.1) is 22.7 Å². The van der Waals surface area contributed by atoms with E-state index in [1.807, 2.05) is 17.4 Å². The molecular formula is C14H16ClNS2. The van der Waals surface area contributed by atoms with Crippen molar-refractivity contribution >= 4 is 34.3 Å². The second kappa shape index (κ2) is 5.33. The van der Waals surface area contributed by atoms with Crippen molar-refractivity contribution in [1.82, 2.24) is 5.32 Å². The molecule has 1 aliphatic rings. The summed E-state index contributed by atoms with van der Waals surface area (Å²) < 4.78 is 0.874. The number of thiophene rings is 2. The second-order valence-corrected chi connectivity index (χ2v) is 7.52. The number of fused-ring (bicyclic) bond motifs is 1. The molecule has 18 heavy (non-hydrogen) atoms. The van der Waals surface area contributed by atoms with E-state index < -0.39 is 0 Å². The summed E-state index contributed by atoms with van der Waals surface area (Å²) in [5, 5.41) is 5.97. The molecule has 0 spiro atoms. The lowest BCUT2D eigenvalue weighted by Gasteiger charge is -2.26. The maximum absolute atomic E-state index is 6.00. The molecule has 2 aromatic heterocycles. The standard InChI is InChI=1S/C14H16ClNS2/c1-9(12-5-6-14(15)18-12)16-11-3-2-4-13-10(11)7-8-17-13/h5-9,11,16H,2-4H2,1H3. The van der Waals surface area contributed by atoms with E-state index in [-0.39, 0.29) is 0 Å². The SMILES string of the molecule is CC(NC1CCCc2sccc21)c1ccc(Cl)s1. The molecule has 0 fully saturated rings. The molecule has 1 nitrogen and oxygen atoms in total. The zero-order valence-corrected chi connectivity index (χ0v) is 12.7. The topological polar surface area (TPSA) is 12.0 Å². The summed E-state index contributed by atoms with van der Waals surface area (Å²) >= 11 is 9.57. The van der Waals surface area contributed by atoms with Crippen LogP contribution in [0, 0.1) is 0 Å². The normalized spacial score (nSPS) is 20.7. The summed E-state index contributed by atoms with van der Waals surface area (Å²) in [6, 6.07) is 7.28. The first kappa shape index (κ1) is 12.7. The fraction of sp³-hybridized carbons (Fsp3) is 0.429. The average molecular weight is 298 g/mol. The Morgan fingerprint density at radius 2 is 2.28 bits per heavy atom. The molecule has 0 aliphatic heterocycles. The van der Waals surface area contributed by atoms with Gasteiger partial charge in [-0.3, -0.25) is 0 Å². The Hall–Kier alpha value is -0.350. The smallest absolute Gasteiger partial charge is 0.0931 e. The molecule has 3 rings (SSSR count). The van der Waals surface area contributed by atoms with Gasteiger partial charge in [0.25, 0.3) is 0 Å². The van der Waals surface area contributed by atoms with Crippen molar-refractivity contribution in [3.63, 3.8) is 0 Å². The van der Waals surface area contributed by atoms with Crippen molar-refractivity contribution in [2.75, 3.05) is 0 Å². The van der Waals surface area contributed by atoms with Gasteiger partial charge in [0.15, 0.2) is 0 Å². The molecule has 1 aliphatic carbocycles. The Morgan fingerprint density at radius 1 is 1.39 bits per heavy atom. The molecule has 0 bridgehead atoms. The Kier molecular flexibility index (Phi) is 3.76. The van der Waals surface area contributed by atoms with Crippen molar-refractivity contribution in [1.29, 1.82) is 0 Å². The van der Waals surface area contributed by atoms with Gasteiger partial charge in [-0.2, -0.15) is 0 Å². The summed E-state index contributed by atoms with van der Waals surface area (Å²) in [6.45, 7) is 2.23. The van der Waals surface area contributed by atoms with Crippen LogP contribution in [0.15, 0.2) is 23.6 Å². The van der Waals surface area contributed by atoms with Gasteiger partial charge in [0.2, 0.25) is 0 Å². The van der Waals surface area contributed by atoms with Crippen LogP contribution < -0.4 is 5.32 Å². The van der Waals surface area contributed by atoms with Crippen LogP contribution in [0.4, 0.5) is 0 Å². The van der Waals surface area contributed by atoms with Crippen LogP contribution in [-0.2, 0) is 6.42 Å². The monoisotopic (exact) mass is 297 g/mol. The molecule has 2 unspecified atom stereocenters. The summed E-state index contributed by atoms with van der Waals surface area (Å²) in [5.41, 5.74) is 1.51. The molecule has 0 radical (unpaired) electrons.